The molecule has 3 nitrogen and oxygen atoms in total. The van der Waals surface area contributed by atoms with E-state index in [0.29, 0.717) is 16.1 Å². The van der Waals surface area contributed by atoms with Gasteiger partial charge in [0.15, 0.2) is 6.29 Å². The molecule has 0 aliphatic carbocycles. The highest BCUT2D eigenvalue weighted by Gasteiger charge is 2.34. The summed E-state index contributed by atoms with van der Waals surface area (Å²) in [6.07, 6.45) is 3.63. The third-order valence-electron chi connectivity index (χ3n) is 2.27. The van der Waals surface area contributed by atoms with Gasteiger partial charge in [0.1, 0.15) is 12.5 Å². The van der Waals surface area contributed by atoms with Crippen LogP contribution in [0, 0.1) is 0 Å². The minimum atomic E-state index is -0.957. The van der Waals surface area contributed by atoms with Crippen molar-refractivity contribution in [2.45, 2.75) is 12.7 Å². The van der Waals surface area contributed by atoms with Crippen LogP contribution in [-0.2, 0) is 15.3 Å². The number of carbonyl (C=O) groups excluding carboxylic acids is 1. The van der Waals surface area contributed by atoms with Crippen LogP contribution in [0.1, 0.15) is 22.8 Å². The number of aldehydes is 1. The van der Waals surface area contributed by atoms with Crippen molar-refractivity contribution in [1.29, 1.82) is 0 Å². The number of rotatable bonds is 2. The van der Waals surface area contributed by atoms with Crippen LogP contribution >= 0.6 is 11.6 Å². The van der Waals surface area contributed by atoms with Gasteiger partial charge in [-0.05, 0) is 18.2 Å². The number of carbonyl (C=O) groups is 1. The lowest BCUT2D eigenvalue weighted by atomic mass is 10.0. The number of halogens is 1. The molecule has 1 aliphatic rings. The van der Waals surface area contributed by atoms with E-state index >= 15 is 0 Å². The van der Waals surface area contributed by atoms with Crippen LogP contribution < -0.4 is 0 Å². The highest BCUT2D eigenvalue weighted by Crippen LogP contribution is 2.34. The molecular formula is C11H9ClO3. The summed E-state index contributed by atoms with van der Waals surface area (Å²) >= 11 is 5.87. The van der Waals surface area contributed by atoms with Crippen LogP contribution in [0.4, 0.5) is 0 Å². The maximum atomic E-state index is 10.9. The molecule has 78 valence electrons. The average molecular weight is 225 g/mol. The second-order valence-electron chi connectivity index (χ2n) is 3.30. The van der Waals surface area contributed by atoms with Crippen LogP contribution in [0.2, 0.25) is 5.02 Å². The number of hydrogen-bond acceptors (Lipinski definition) is 3. The Labute approximate surface area is 92.3 Å². The fourth-order valence-corrected chi connectivity index (χ4v) is 1.67. The molecule has 0 saturated carbocycles. The Balaban J connectivity index is 2.50. The van der Waals surface area contributed by atoms with E-state index in [9.17, 15) is 4.79 Å². The maximum absolute atomic E-state index is 10.9. The molecule has 0 spiro atoms. The van der Waals surface area contributed by atoms with E-state index in [1.807, 2.05) is 0 Å². The van der Waals surface area contributed by atoms with Crippen LogP contribution in [0.15, 0.2) is 30.7 Å². The molecule has 1 heterocycles. The summed E-state index contributed by atoms with van der Waals surface area (Å²) in [5.74, 6) is -0.957. The molecule has 1 aromatic carbocycles. The predicted octanol–water partition coefficient (Wildman–Crippen LogP) is 2.84. The lowest BCUT2D eigenvalue weighted by Gasteiger charge is -2.24. The maximum Gasteiger partial charge on any atom is 0.274 e. The predicted molar refractivity (Wildman–Crippen MR) is 55.5 cm³/mol. The Morgan fingerprint density at radius 2 is 2.00 bits per heavy atom. The van der Waals surface area contributed by atoms with Gasteiger partial charge in [-0.15, -0.1) is 0 Å². The molecule has 0 aromatic heterocycles. The number of benzene rings is 1. The van der Waals surface area contributed by atoms with Crippen molar-refractivity contribution in [3.63, 3.8) is 0 Å². The summed E-state index contributed by atoms with van der Waals surface area (Å²) in [7, 11) is 0. The third kappa shape index (κ3) is 1.70. The summed E-state index contributed by atoms with van der Waals surface area (Å²) in [5, 5.41) is 0.538. The SMILES string of the molecule is CC1(c2cc(Cl)ccc2C=O)OC=CO1. The highest BCUT2D eigenvalue weighted by molar-refractivity contribution is 6.30. The van der Waals surface area contributed by atoms with Gasteiger partial charge in [-0.2, -0.15) is 0 Å². The van der Waals surface area contributed by atoms with E-state index in [1.54, 1.807) is 25.1 Å². The lowest BCUT2D eigenvalue weighted by molar-refractivity contribution is -0.133. The standard InChI is InChI=1S/C11H9ClO3/c1-11(14-4-5-15-11)10-6-9(12)3-2-8(10)7-13/h2-7H,1H3. The molecule has 0 atom stereocenters. The first kappa shape index (κ1) is 10.1. The van der Waals surface area contributed by atoms with Gasteiger partial charge >= 0.3 is 0 Å². The molecule has 0 unspecified atom stereocenters. The van der Waals surface area contributed by atoms with Crippen LogP contribution in [-0.4, -0.2) is 6.29 Å². The fraction of sp³-hybridized carbons (Fsp3) is 0.182. The molecule has 1 aliphatic heterocycles. The van der Waals surface area contributed by atoms with Crippen molar-refractivity contribution >= 4 is 17.9 Å². The number of ether oxygens (including phenoxy) is 2. The Kier molecular flexibility index (Phi) is 2.40. The summed E-state index contributed by atoms with van der Waals surface area (Å²) < 4.78 is 10.6. The molecule has 0 amide bonds. The van der Waals surface area contributed by atoms with Crippen molar-refractivity contribution in [3.05, 3.63) is 46.9 Å². The van der Waals surface area contributed by atoms with Crippen molar-refractivity contribution in [2.75, 3.05) is 0 Å². The molecule has 0 N–H and O–H groups in total. The quantitative estimate of drug-likeness (QED) is 0.725. The third-order valence-corrected chi connectivity index (χ3v) is 2.51. The Hall–Kier alpha value is -1.48. The minimum absolute atomic E-state index is 0.505. The van der Waals surface area contributed by atoms with Crippen molar-refractivity contribution in [3.8, 4) is 0 Å². The number of hydrogen-bond donors (Lipinski definition) is 0. The smallest absolute Gasteiger partial charge is 0.274 e. The Morgan fingerprint density at radius 1 is 1.33 bits per heavy atom. The molecule has 0 fully saturated rings. The molecule has 1 aromatic rings. The topological polar surface area (TPSA) is 35.5 Å². The van der Waals surface area contributed by atoms with E-state index in [1.165, 1.54) is 12.5 Å². The molecule has 2 rings (SSSR count). The van der Waals surface area contributed by atoms with Gasteiger partial charge < -0.3 is 9.47 Å². The summed E-state index contributed by atoms with van der Waals surface area (Å²) in [5.41, 5.74) is 1.13. The molecule has 0 bridgehead atoms. The highest BCUT2D eigenvalue weighted by atomic mass is 35.5. The first-order valence-corrected chi connectivity index (χ1v) is 4.79. The van der Waals surface area contributed by atoms with Gasteiger partial charge in [0.25, 0.3) is 5.79 Å². The van der Waals surface area contributed by atoms with E-state index in [0.717, 1.165) is 6.29 Å². The van der Waals surface area contributed by atoms with Gasteiger partial charge in [-0.25, -0.2) is 0 Å². The van der Waals surface area contributed by atoms with Crippen molar-refractivity contribution in [2.24, 2.45) is 0 Å². The van der Waals surface area contributed by atoms with E-state index in [2.05, 4.69) is 0 Å². The normalized spacial score (nSPS) is 16.9. The molecule has 4 heteroatoms. The van der Waals surface area contributed by atoms with Gasteiger partial charge in [-0.3, -0.25) is 4.79 Å². The van der Waals surface area contributed by atoms with Gasteiger partial charge in [-0.1, -0.05) is 11.6 Å². The van der Waals surface area contributed by atoms with E-state index in [4.69, 9.17) is 21.1 Å². The first-order chi connectivity index (χ1) is 7.15. The Morgan fingerprint density at radius 3 is 2.60 bits per heavy atom. The van der Waals surface area contributed by atoms with Gasteiger partial charge in [0, 0.05) is 23.1 Å². The monoisotopic (exact) mass is 224 g/mol. The summed E-state index contributed by atoms with van der Waals surface area (Å²) in [6, 6.07) is 4.96. The zero-order valence-corrected chi connectivity index (χ0v) is 8.82. The largest absolute Gasteiger partial charge is 0.453 e. The minimum Gasteiger partial charge on any atom is -0.453 e. The van der Waals surface area contributed by atoms with Crippen molar-refractivity contribution in [1.82, 2.24) is 0 Å². The van der Waals surface area contributed by atoms with Crippen LogP contribution in [0.5, 0.6) is 0 Å². The second-order valence-corrected chi connectivity index (χ2v) is 3.74. The average Bonchev–Trinajstić information content (AvgIpc) is 2.66. The van der Waals surface area contributed by atoms with Gasteiger partial charge in [0.05, 0.1) is 0 Å². The van der Waals surface area contributed by atoms with Crippen molar-refractivity contribution < 1.29 is 14.3 Å². The fourth-order valence-electron chi connectivity index (χ4n) is 1.49. The lowest BCUT2D eigenvalue weighted by Crippen LogP contribution is -2.24. The van der Waals surface area contributed by atoms with Crippen LogP contribution in [0.25, 0.3) is 0 Å². The zero-order chi connectivity index (χ0) is 10.9. The Bertz CT molecular complexity index is 418. The van der Waals surface area contributed by atoms with E-state index < -0.39 is 5.79 Å². The molecule has 0 radical (unpaired) electrons. The van der Waals surface area contributed by atoms with Crippen LogP contribution in [0.3, 0.4) is 0 Å². The molecule has 0 saturated heterocycles. The molecule has 15 heavy (non-hydrogen) atoms. The summed E-state index contributed by atoms with van der Waals surface area (Å²) in [6.45, 7) is 1.73. The second kappa shape index (κ2) is 3.59. The van der Waals surface area contributed by atoms with Gasteiger partial charge in [0.2, 0.25) is 0 Å². The first-order valence-electron chi connectivity index (χ1n) is 4.41. The zero-order valence-electron chi connectivity index (χ0n) is 8.07. The van der Waals surface area contributed by atoms with E-state index in [-0.39, 0.29) is 0 Å². The summed E-state index contributed by atoms with van der Waals surface area (Å²) in [4.78, 5) is 10.9. The molecular weight excluding hydrogens is 216 g/mol.